The van der Waals surface area contributed by atoms with Crippen LogP contribution in [0.25, 0.3) is 0 Å². The maximum Gasteiger partial charge on any atom is 0.324 e. The van der Waals surface area contributed by atoms with Crippen LogP contribution in [0.5, 0.6) is 5.75 Å². The number of nitrogens with zero attached hydrogens (tertiary/aromatic N) is 1. The summed E-state index contributed by atoms with van der Waals surface area (Å²) in [4.78, 5) is 26.6. The fourth-order valence-corrected chi connectivity index (χ4v) is 3.03. The molecule has 1 amide bonds. The minimum absolute atomic E-state index is 0.117. The quantitative estimate of drug-likeness (QED) is 0.345. The summed E-state index contributed by atoms with van der Waals surface area (Å²) in [5, 5.41) is 2.84. The first-order chi connectivity index (χ1) is 13.7. The zero-order valence-corrected chi connectivity index (χ0v) is 16.6. The number of carbonyl (C=O) groups is 2. The zero-order chi connectivity index (χ0) is 20.2. The molecule has 1 unspecified atom stereocenters. The molecule has 1 saturated heterocycles. The van der Waals surface area contributed by atoms with Gasteiger partial charge in [0.15, 0.2) is 6.79 Å². The Kier molecular flexibility index (Phi) is 9.74. The molecule has 0 radical (unpaired) electrons. The molecule has 0 spiro atoms. The van der Waals surface area contributed by atoms with E-state index < -0.39 is 6.04 Å². The lowest BCUT2D eigenvalue weighted by Crippen LogP contribution is -2.50. The predicted octanol–water partition coefficient (Wildman–Crippen LogP) is 1.44. The van der Waals surface area contributed by atoms with Crippen molar-refractivity contribution in [3.05, 3.63) is 29.8 Å². The molecular weight excluding hydrogens is 364 g/mol. The Hall–Kier alpha value is -2.16. The molecule has 0 saturated carbocycles. The molecule has 1 aromatic carbocycles. The molecule has 8 nitrogen and oxygen atoms in total. The molecule has 1 aromatic rings. The molecule has 1 atom stereocenters. The number of carbonyl (C=O) groups excluding carboxylic acids is 2. The molecule has 1 heterocycles. The maximum absolute atomic E-state index is 12.4. The minimum Gasteiger partial charge on any atom is -0.468 e. The summed E-state index contributed by atoms with van der Waals surface area (Å²) < 4.78 is 20.5. The average Bonchev–Trinajstić information content (AvgIpc) is 2.74. The van der Waals surface area contributed by atoms with E-state index in [1.165, 1.54) is 13.5 Å². The van der Waals surface area contributed by atoms with Crippen molar-refractivity contribution in [3.63, 3.8) is 0 Å². The largest absolute Gasteiger partial charge is 0.468 e. The summed E-state index contributed by atoms with van der Waals surface area (Å²) in [7, 11) is 2.98. The van der Waals surface area contributed by atoms with Gasteiger partial charge in [-0.05, 0) is 50.2 Å². The van der Waals surface area contributed by atoms with Crippen molar-refractivity contribution < 1.29 is 28.5 Å². The number of esters is 1. The van der Waals surface area contributed by atoms with Gasteiger partial charge in [0.2, 0.25) is 0 Å². The lowest BCUT2D eigenvalue weighted by molar-refractivity contribution is -0.147. The molecule has 1 aliphatic heterocycles. The molecule has 1 aliphatic rings. The standard InChI is InChI=1S/C20H30N2O6/c1-25-12-13-27-15-28-17-8-6-16(7-9-17)19(23)21-14-18(20(24)26-2)22-10-4-3-5-11-22/h6-9,18H,3-5,10-15H2,1-2H3,(H,21,23). The molecule has 0 aromatic heterocycles. The predicted molar refractivity (Wildman–Crippen MR) is 103 cm³/mol. The van der Waals surface area contributed by atoms with Gasteiger partial charge in [-0.3, -0.25) is 14.5 Å². The summed E-state index contributed by atoms with van der Waals surface area (Å²) in [6.45, 7) is 2.98. The average molecular weight is 394 g/mol. The summed E-state index contributed by atoms with van der Waals surface area (Å²) in [6.07, 6.45) is 3.28. The monoisotopic (exact) mass is 394 g/mol. The first kappa shape index (κ1) is 22.1. The first-order valence-corrected chi connectivity index (χ1v) is 9.55. The summed E-state index contributed by atoms with van der Waals surface area (Å²) in [5.41, 5.74) is 0.495. The molecule has 8 heteroatoms. The van der Waals surface area contributed by atoms with E-state index in [0.717, 1.165) is 25.9 Å². The Bertz CT molecular complexity index is 601. The second-order valence-electron chi connectivity index (χ2n) is 6.53. The number of piperidine rings is 1. The van der Waals surface area contributed by atoms with Gasteiger partial charge in [-0.1, -0.05) is 6.42 Å². The van der Waals surface area contributed by atoms with E-state index >= 15 is 0 Å². The Morgan fingerprint density at radius 2 is 1.79 bits per heavy atom. The number of nitrogens with one attached hydrogen (secondary N) is 1. The topological polar surface area (TPSA) is 86.3 Å². The van der Waals surface area contributed by atoms with Gasteiger partial charge in [-0.15, -0.1) is 0 Å². The third kappa shape index (κ3) is 7.10. The van der Waals surface area contributed by atoms with Gasteiger partial charge in [-0.2, -0.15) is 0 Å². The van der Waals surface area contributed by atoms with E-state index in [4.69, 9.17) is 18.9 Å². The number of hydrogen-bond acceptors (Lipinski definition) is 7. The molecule has 1 fully saturated rings. The fraction of sp³-hybridized carbons (Fsp3) is 0.600. The van der Waals surface area contributed by atoms with Crippen molar-refractivity contribution in [2.24, 2.45) is 0 Å². The third-order valence-electron chi connectivity index (χ3n) is 4.62. The summed E-state index contributed by atoms with van der Waals surface area (Å²) in [6, 6.07) is 6.30. The fourth-order valence-electron chi connectivity index (χ4n) is 3.03. The van der Waals surface area contributed by atoms with E-state index in [9.17, 15) is 9.59 Å². The number of likely N-dealkylation sites (tertiary alicyclic amines) is 1. The van der Waals surface area contributed by atoms with E-state index in [-0.39, 0.29) is 25.2 Å². The maximum atomic E-state index is 12.4. The molecule has 1 N–H and O–H groups in total. The van der Waals surface area contributed by atoms with Gasteiger partial charge in [0.1, 0.15) is 11.8 Å². The molecular formula is C20H30N2O6. The highest BCUT2D eigenvalue weighted by molar-refractivity contribution is 5.94. The molecule has 0 bridgehead atoms. The van der Waals surface area contributed by atoms with Crippen LogP contribution in [-0.2, 0) is 19.0 Å². The number of hydrogen-bond donors (Lipinski definition) is 1. The van der Waals surface area contributed by atoms with E-state index in [1.807, 2.05) is 0 Å². The molecule has 156 valence electrons. The SMILES string of the molecule is COCCOCOc1ccc(C(=O)NCC(C(=O)OC)N2CCCCC2)cc1. The second kappa shape index (κ2) is 12.3. The van der Waals surface area contributed by atoms with E-state index in [0.29, 0.717) is 24.5 Å². The number of methoxy groups -OCH3 is 2. The lowest BCUT2D eigenvalue weighted by Gasteiger charge is -2.32. The highest BCUT2D eigenvalue weighted by Crippen LogP contribution is 2.14. The van der Waals surface area contributed by atoms with Gasteiger partial charge in [0.05, 0.1) is 20.3 Å². The van der Waals surface area contributed by atoms with Crippen LogP contribution in [0.4, 0.5) is 0 Å². The van der Waals surface area contributed by atoms with E-state index in [1.54, 1.807) is 31.4 Å². The van der Waals surface area contributed by atoms with Crippen LogP contribution in [0.3, 0.4) is 0 Å². The molecule has 0 aliphatic carbocycles. The second-order valence-corrected chi connectivity index (χ2v) is 6.53. The van der Waals surface area contributed by atoms with Crippen molar-refractivity contribution in [3.8, 4) is 5.75 Å². The van der Waals surface area contributed by atoms with Gasteiger partial charge >= 0.3 is 5.97 Å². The Balaban J connectivity index is 1.82. The highest BCUT2D eigenvalue weighted by Gasteiger charge is 2.28. The number of rotatable bonds is 11. The van der Waals surface area contributed by atoms with Gasteiger partial charge in [-0.25, -0.2) is 0 Å². The first-order valence-electron chi connectivity index (χ1n) is 9.55. The normalized spacial score (nSPS) is 15.6. The molecule has 2 rings (SSSR count). The van der Waals surface area contributed by atoms with Crippen LogP contribution >= 0.6 is 0 Å². The van der Waals surface area contributed by atoms with Crippen molar-refractivity contribution in [2.45, 2.75) is 25.3 Å². The number of ether oxygens (including phenoxy) is 4. The van der Waals surface area contributed by atoms with Gasteiger partial charge in [0, 0.05) is 19.2 Å². The van der Waals surface area contributed by atoms with Crippen LogP contribution in [0.1, 0.15) is 29.6 Å². The van der Waals surface area contributed by atoms with Crippen LogP contribution in [0.15, 0.2) is 24.3 Å². The smallest absolute Gasteiger partial charge is 0.324 e. The van der Waals surface area contributed by atoms with E-state index in [2.05, 4.69) is 10.2 Å². The summed E-state index contributed by atoms with van der Waals surface area (Å²) in [5.74, 6) is 0.0444. The molecule has 28 heavy (non-hydrogen) atoms. The van der Waals surface area contributed by atoms with Crippen LogP contribution in [0.2, 0.25) is 0 Å². The van der Waals surface area contributed by atoms with Crippen molar-refractivity contribution >= 4 is 11.9 Å². The van der Waals surface area contributed by atoms with Crippen LogP contribution in [0, 0.1) is 0 Å². The number of benzene rings is 1. The highest BCUT2D eigenvalue weighted by atomic mass is 16.7. The van der Waals surface area contributed by atoms with Crippen LogP contribution in [-0.4, -0.2) is 76.7 Å². The number of amides is 1. The Morgan fingerprint density at radius 3 is 2.43 bits per heavy atom. The lowest BCUT2D eigenvalue weighted by atomic mass is 10.1. The Morgan fingerprint density at radius 1 is 1.07 bits per heavy atom. The van der Waals surface area contributed by atoms with Gasteiger partial charge < -0.3 is 24.3 Å². The van der Waals surface area contributed by atoms with Crippen molar-refractivity contribution in [2.75, 3.05) is 53.9 Å². The van der Waals surface area contributed by atoms with Crippen LogP contribution < -0.4 is 10.1 Å². The van der Waals surface area contributed by atoms with Crippen molar-refractivity contribution in [1.29, 1.82) is 0 Å². The third-order valence-corrected chi connectivity index (χ3v) is 4.62. The minimum atomic E-state index is -0.457. The zero-order valence-electron chi connectivity index (χ0n) is 16.6. The summed E-state index contributed by atoms with van der Waals surface area (Å²) >= 11 is 0. The van der Waals surface area contributed by atoms with Gasteiger partial charge in [0.25, 0.3) is 5.91 Å². The Labute approximate surface area is 166 Å². The van der Waals surface area contributed by atoms with Crippen molar-refractivity contribution in [1.82, 2.24) is 10.2 Å².